The Bertz CT molecular complexity index is 1450. The maximum Gasteiger partial charge on any atom is 0.163 e. The van der Waals surface area contributed by atoms with E-state index in [0.717, 1.165) is 37.6 Å². The minimum absolute atomic E-state index is 0.185. The van der Waals surface area contributed by atoms with Gasteiger partial charge in [0.05, 0.1) is 11.7 Å². The van der Waals surface area contributed by atoms with Gasteiger partial charge in [0, 0.05) is 55.8 Å². The van der Waals surface area contributed by atoms with Gasteiger partial charge in [0.2, 0.25) is 0 Å². The van der Waals surface area contributed by atoms with E-state index in [2.05, 4.69) is 75.4 Å². The highest BCUT2D eigenvalue weighted by Gasteiger charge is 2.27. The van der Waals surface area contributed by atoms with Gasteiger partial charge in [0.15, 0.2) is 5.82 Å². The third-order valence-corrected chi connectivity index (χ3v) is 7.02. The summed E-state index contributed by atoms with van der Waals surface area (Å²) in [6, 6.07) is 34.0. The Hall–Kier alpha value is -4.42. The molecule has 1 saturated heterocycles. The molecule has 0 radical (unpaired) electrons. The minimum Gasteiger partial charge on any atom is -0.354 e. The molecule has 0 unspecified atom stereocenters. The lowest BCUT2D eigenvalue weighted by molar-refractivity contribution is 0.212. The summed E-state index contributed by atoms with van der Waals surface area (Å²) in [4.78, 5) is 18.7. The molecule has 6 rings (SSSR count). The largest absolute Gasteiger partial charge is 0.354 e. The average Bonchev–Trinajstić information content (AvgIpc) is 2.99. The van der Waals surface area contributed by atoms with E-state index in [1.165, 1.54) is 17.2 Å². The van der Waals surface area contributed by atoms with Crippen LogP contribution in [0.1, 0.15) is 17.2 Å². The lowest BCUT2D eigenvalue weighted by atomic mass is 9.96. The number of hydrogen-bond acceptors (Lipinski definition) is 5. The molecule has 3 aromatic carbocycles. The van der Waals surface area contributed by atoms with Crippen molar-refractivity contribution in [1.82, 2.24) is 19.9 Å². The highest BCUT2D eigenvalue weighted by atomic mass is 19.1. The Morgan fingerprint density at radius 1 is 0.684 bits per heavy atom. The number of rotatable bonds is 6. The van der Waals surface area contributed by atoms with Gasteiger partial charge >= 0.3 is 0 Å². The minimum atomic E-state index is -0.298. The first-order chi connectivity index (χ1) is 18.8. The topological polar surface area (TPSA) is 45.2 Å². The molecule has 0 N–H and O–H groups in total. The Morgan fingerprint density at radius 2 is 1.34 bits per heavy atom. The van der Waals surface area contributed by atoms with Gasteiger partial charge in [-0.1, -0.05) is 72.8 Å². The van der Waals surface area contributed by atoms with Crippen LogP contribution in [0, 0.1) is 5.82 Å². The molecule has 1 aliphatic heterocycles. The summed E-state index contributed by atoms with van der Waals surface area (Å²) in [5.74, 6) is 1.04. The molecule has 2 aromatic heterocycles. The number of piperazine rings is 1. The lowest BCUT2D eigenvalue weighted by Crippen LogP contribution is -2.48. The Labute approximate surface area is 222 Å². The normalized spacial score (nSPS) is 14.1. The maximum absolute atomic E-state index is 14.8. The Balaban J connectivity index is 1.31. The van der Waals surface area contributed by atoms with Crippen molar-refractivity contribution in [2.45, 2.75) is 6.04 Å². The second-order valence-corrected chi connectivity index (χ2v) is 9.40. The van der Waals surface area contributed by atoms with Crippen LogP contribution in [-0.2, 0) is 0 Å². The fourth-order valence-corrected chi connectivity index (χ4v) is 5.12. The van der Waals surface area contributed by atoms with Crippen LogP contribution in [0.2, 0.25) is 0 Å². The summed E-state index contributed by atoms with van der Waals surface area (Å²) in [6.07, 6.45) is 3.47. The van der Waals surface area contributed by atoms with E-state index < -0.39 is 0 Å². The molecule has 3 heterocycles. The summed E-state index contributed by atoms with van der Waals surface area (Å²) in [5.41, 5.74) is 4.41. The van der Waals surface area contributed by atoms with Gasteiger partial charge in [-0.15, -0.1) is 0 Å². The number of benzene rings is 3. The van der Waals surface area contributed by atoms with Gasteiger partial charge in [-0.2, -0.15) is 0 Å². The van der Waals surface area contributed by atoms with Crippen molar-refractivity contribution in [1.29, 1.82) is 0 Å². The van der Waals surface area contributed by atoms with Crippen molar-refractivity contribution in [3.8, 4) is 22.6 Å². The van der Waals surface area contributed by atoms with Crippen molar-refractivity contribution >= 4 is 5.82 Å². The molecule has 6 heteroatoms. The third-order valence-electron chi connectivity index (χ3n) is 7.02. The van der Waals surface area contributed by atoms with Gasteiger partial charge in [-0.3, -0.25) is 9.88 Å². The monoisotopic (exact) mass is 501 g/mol. The Morgan fingerprint density at radius 3 is 1.97 bits per heavy atom. The highest BCUT2D eigenvalue weighted by Crippen LogP contribution is 2.32. The number of nitrogens with zero attached hydrogens (tertiary/aromatic N) is 5. The molecule has 1 aliphatic rings. The van der Waals surface area contributed by atoms with Gasteiger partial charge in [-0.25, -0.2) is 14.4 Å². The van der Waals surface area contributed by atoms with E-state index >= 15 is 0 Å². The summed E-state index contributed by atoms with van der Waals surface area (Å²) >= 11 is 0. The first kappa shape index (κ1) is 23.9. The first-order valence-corrected chi connectivity index (χ1v) is 12.9. The van der Waals surface area contributed by atoms with Crippen molar-refractivity contribution in [2.24, 2.45) is 0 Å². The number of anilines is 1. The van der Waals surface area contributed by atoms with E-state index in [1.54, 1.807) is 24.5 Å². The molecular formula is C32H28FN5. The first-order valence-electron chi connectivity index (χ1n) is 12.9. The molecule has 38 heavy (non-hydrogen) atoms. The summed E-state index contributed by atoms with van der Waals surface area (Å²) < 4.78 is 14.8. The molecule has 5 nitrogen and oxygen atoms in total. The van der Waals surface area contributed by atoms with Crippen LogP contribution in [0.5, 0.6) is 0 Å². The van der Waals surface area contributed by atoms with Crippen molar-refractivity contribution < 1.29 is 4.39 Å². The van der Waals surface area contributed by atoms with Crippen LogP contribution in [0.25, 0.3) is 22.6 Å². The molecule has 5 aromatic rings. The van der Waals surface area contributed by atoms with E-state index in [9.17, 15) is 4.39 Å². The second kappa shape index (κ2) is 10.9. The standard InChI is InChI=1S/C32H28FN5/c33-28-16-8-7-15-27(28)29-22-30(36-32(35-29)26-14-9-17-34-23-26)37-18-20-38(21-19-37)31(24-10-3-1-4-11-24)25-12-5-2-6-13-25/h1-17,22-23,31H,18-21H2. The highest BCUT2D eigenvalue weighted by molar-refractivity contribution is 5.68. The van der Waals surface area contributed by atoms with Gasteiger partial charge in [0.25, 0.3) is 0 Å². The predicted molar refractivity (Wildman–Crippen MR) is 149 cm³/mol. The van der Waals surface area contributed by atoms with Crippen LogP contribution >= 0.6 is 0 Å². The van der Waals surface area contributed by atoms with Crippen molar-refractivity contribution in [3.63, 3.8) is 0 Å². The predicted octanol–water partition coefficient (Wildman–Crippen LogP) is 6.26. The average molecular weight is 502 g/mol. The number of aromatic nitrogens is 3. The van der Waals surface area contributed by atoms with E-state index in [1.807, 2.05) is 24.3 Å². The van der Waals surface area contributed by atoms with E-state index in [0.29, 0.717) is 17.1 Å². The zero-order chi connectivity index (χ0) is 25.7. The smallest absolute Gasteiger partial charge is 0.163 e. The van der Waals surface area contributed by atoms with Crippen LogP contribution in [0.4, 0.5) is 10.2 Å². The number of halogens is 1. The quantitative estimate of drug-likeness (QED) is 0.275. The molecule has 0 bridgehead atoms. The van der Waals surface area contributed by atoms with Gasteiger partial charge in [0.1, 0.15) is 11.6 Å². The fraction of sp³-hybridized carbons (Fsp3) is 0.156. The zero-order valence-electron chi connectivity index (χ0n) is 21.0. The van der Waals surface area contributed by atoms with Crippen LogP contribution in [-0.4, -0.2) is 46.0 Å². The lowest BCUT2D eigenvalue weighted by Gasteiger charge is -2.40. The van der Waals surface area contributed by atoms with Crippen LogP contribution < -0.4 is 4.90 Å². The molecule has 0 saturated carbocycles. The maximum atomic E-state index is 14.8. The van der Waals surface area contributed by atoms with E-state index in [4.69, 9.17) is 9.97 Å². The summed E-state index contributed by atoms with van der Waals surface area (Å²) in [7, 11) is 0. The van der Waals surface area contributed by atoms with Gasteiger partial charge < -0.3 is 4.90 Å². The van der Waals surface area contributed by atoms with Gasteiger partial charge in [-0.05, 0) is 35.4 Å². The summed E-state index contributed by atoms with van der Waals surface area (Å²) in [6.45, 7) is 3.35. The molecule has 1 fully saturated rings. The van der Waals surface area contributed by atoms with Crippen LogP contribution in [0.3, 0.4) is 0 Å². The molecule has 0 atom stereocenters. The van der Waals surface area contributed by atoms with Crippen molar-refractivity contribution in [2.75, 3.05) is 31.1 Å². The molecule has 0 aliphatic carbocycles. The number of hydrogen-bond donors (Lipinski definition) is 0. The zero-order valence-corrected chi connectivity index (χ0v) is 21.0. The van der Waals surface area contributed by atoms with Crippen molar-refractivity contribution in [3.05, 3.63) is 132 Å². The molecular weight excluding hydrogens is 473 g/mol. The third kappa shape index (κ3) is 5.04. The molecule has 0 amide bonds. The molecule has 188 valence electrons. The van der Waals surface area contributed by atoms with Crippen LogP contribution in [0.15, 0.2) is 116 Å². The SMILES string of the molecule is Fc1ccccc1-c1cc(N2CCN(C(c3ccccc3)c3ccccc3)CC2)nc(-c2cccnc2)n1. The second-order valence-electron chi connectivity index (χ2n) is 9.40. The summed E-state index contributed by atoms with van der Waals surface area (Å²) in [5, 5.41) is 0. The Kier molecular flexibility index (Phi) is 6.87. The fourth-order valence-electron chi connectivity index (χ4n) is 5.12. The molecule has 0 spiro atoms. The van der Waals surface area contributed by atoms with E-state index in [-0.39, 0.29) is 11.9 Å². The number of pyridine rings is 1.